The van der Waals surface area contributed by atoms with Crippen molar-refractivity contribution in [3.63, 3.8) is 0 Å². The lowest BCUT2D eigenvalue weighted by molar-refractivity contribution is -0.140. The monoisotopic (exact) mass is 649 g/mol. The highest BCUT2D eigenvalue weighted by Gasteiger charge is 2.37. The summed E-state index contributed by atoms with van der Waals surface area (Å²) in [6.45, 7) is 0.836. The quantitative estimate of drug-likeness (QED) is 0.247. The molecule has 4 rings (SSSR count). The summed E-state index contributed by atoms with van der Waals surface area (Å²) in [6.07, 6.45) is 0.142. The van der Waals surface area contributed by atoms with E-state index in [1.54, 1.807) is 43.3 Å². The van der Waals surface area contributed by atoms with Gasteiger partial charge in [0.2, 0.25) is 11.8 Å². The smallest absolute Gasteiger partial charge is 0.352 e. The molecule has 44 heavy (non-hydrogen) atoms. The molecule has 0 unspecified atom stereocenters. The van der Waals surface area contributed by atoms with Crippen LogP contribution in [0.2, 0.25) is 5.02 Å². The maximum atomic E-state index is 14.2. The van der Waals surface area contributed by atoms with Crippen molar-refractivity contribution in [3.05, 3.63) is 95.0 Å². The minimum Gasteiger partial charge on any atom is -0.352 e. The molecule has 1 N–H and O–H groups in total. The number of anilines is 1. The van der Waals surface area contributed by atoms with Crippen LogP contribution in [0.1, 0.15) is 56.6 Å². The van der Waals surface area contributed by atoms with Gasteiger partial charge < -0.3 is 10.2 Å². The molecule has 236 valence electrons. The van der Waals surface area contributed by atoms with Gasteiger partial charge in [-0.3, -0.25) is 13.9 Å². The molecule has 12 heteroatoms. The Morgan fingerprint density at radius 2 is 1.57 bits per heavy atom. The third-order valence-corrected chi connectivity index (χ3v) is 9.78. The summed E-state index contributed by atoms with van der Waals surface area (Å²) in [6, 6.07) is 17.3. The molecule has 7 nitrogen and oxygen atoms in total. The van der Waals surface area contributed by atoms with Crippen LogP contribution in [-0.2, 0) is 32.3 Å². The molecule has 0 spiro atoms. The van der Waals surface area contributed by atoms with Gasteiger partial charge in [-0.2, -0.15) is 13.2 Å². The van der Waals surface area contributed by atoms with E-state index in [0.29, 0.717) is 15.9 Å². The van der Waals surface area contributed by atoms with E-state index >= 15 is 0 Å². The topological polar surface area (TPSA) is 86.8 Å². The molecule has 2 amide bonds. The Morgan fingerprint density at radius 3 is 2.16 bits per heavy atom. The van der Waals surface area contributed by atoms with Crippen LogP contribution in [0.25, 0.3) is 0 Å². The third kappa shape index (κ3) is 8.12. The third-order valence-electron chi connectivity index (χ3n) is 7.69. The fourth-order valence-corrected chi connectivity index (χ4v) is 7.07. The second-order valence-corrected chi connectivity index (χ2v) is 13.0. The van der Waals surface area contributed by atoms with Gasteiger partial charge in [-0.15, -0.1) is 0 Å². The highest BCUT2D eigenvalue weighted by atomic mass is 35.5. The largest absolute Gasteiger partial charge is 0.416 e. The summed E-state index contributed by atoms with van der Waals surface area (Å²) < 4.78 is 69.6. The number of carbonyl (C=O) groups excluding carboxylic acids is 2. The van der Waals surface area contributed by atoms with E-state index in [1.165, 1.54) is 29.2 Å². The molecule has 1 atom stereocenters. The summed E-state index contributed by atoms with van der Waals surface area (Å²) in [4.78, 5) is 28.8. The van der Waals surface area contributed by atoms with E-state index < -0.39 is 45.9 Å². The Hall–Kier alpha value is -3.57. The van der Waals surface area contributed by atoms with Gasteiger partial charge in [0.15, 0.2) is 0 Å². The van der Waals surface area contributed by atoms with Crippen molar-refractivity contribution in [2.75, 3.05) is 10.8 Å². The van der Waals surface area contributed by atoms with E-state index in [2.05, 4.69) is 5.32 Å². The fraction of sp³-hybridized carbons (Fsp3) is 0.375. The molecule has 1 aliphatic carbocycles. The Morgan fingerprint density at radius 1 is 0.955 bits per heavy atom. The SMILES string of the molecule is CC[C@@H](C(=O)NC1CCCCC1)N(Cc1ccccc1)C(=O)CN(c1cc(C(F)(F)F)ccc1Cl)S(=O)(=O)c1ccccc1. The minimum atomic E-state index is -4.80. The van der Waals surface area contributed by atoms with E-state index in [9.17, 15) is 31.2 Å². The molecule has 0 radical (unpaired) electrons. The number of alkyl halides is 3. The summed E-state index contributed by atoms with van der Waals surface area (Å²) in [7, 11) is -4.58. The van der Waals surface area contributed by atoms with Crippen LogP contribution >= 0.6 is 11.6 Å². The molecule has 0 saturated heterocycles. The maximum Gasteiger partial charge on any atom is 0.416 e. The van der Waals surface area contributed by atoms with Gasteiger partial charge in [0, 0.05) is 12.6 Å². The van der Waals surface area contributed by atoms with Crippen molar-refractivity contribution in [2.24, 2.45) is 0 Å². The highest BCUT2D eigenvalue weighted by molar-refractivity contribution is 7.92. The Labute approximate surface area is 261 Å². The van der Waals surface area contributed by atoms with Gasteiger partial charge in [-0.25, -0.2) is 8.42 Å². The first-order valence-electron chi connectivity index (χ1n) is 14.5. The minimum absolute atomic E-state index is 0.0220. The standard InChI is InChI=1S/C32H35ClF3N3O4S/c1-2-28(31(41)37-25-14-8-4-9-15-25)38(21-23-12-6-3-7-13-23)30(40)22-39(44(42,43)26-16-10-5-11-17-26)29-20-24(32(34,35)36)18-19-27(29)33/h3,5-7,10-13,16-20,25,28H,2,4,8-9,14-15,21-22H2,1H3,(H,37,41)/t28-/m0/s1. The molecular formula is C32H35ClF3N3O4S. The van der Waals surface area contributed by atoms with E-state index in [1.807, 2.05) is 0 Å². The van der Waals surface area contributed by atoms with Crippen molar-refractivity contribution in [3.8, 4) is 0 Å². The summed E-state index contributed by atoms with van der Waals surface area (Å²) in [5, 5.41) is 2.76. The number of amides is 2. The summed E-state index contributed by atoms with van der Waals surface area (Å²) in [5.74, 6) is -1.13. The van der Waals surface area contributed by atoms with Gasteiger partial charge in [0.1, 0.15) is 12.6 Å². The van der Waals surface area contributed by atoms with Crippen LogP contribution in [0.15, 0.2) is 83.8 Å². The van der Waals surface area contributed by atoms with Gasteiger partial charge in [0.25, 0.3) is 10.0 Å². The second-order valence-electron chi connectivity index (χ2n) is 10.8. The molecule has 3 aromatic carbocycles. The molecular weight excluding hydrogens is 615 g/mol. The zero-order valence-corrected chi connectivity index (χ0v) is 25.8. The first kappa shape index (κ1) is 33.3. The number of nitrogens with zero attached hydrogens (tertiary/aromatic N) is 2. The molecule has 1 aliphatic rings. The lowest BCUT2D eigenvalue weighted by Crippen LogP contribution is -2.54. The first-order valence-corrected chi connectivity index (χ1v) is 16.3. The van der Waals surface area contributed by atoms with E-state index in [0.717, 1.165) is 44.2 Å². The van der Waals surface area contributed by atoms with Crippen LogP contribution in [0.5, 0.6) is 0 Å². The molecule has 0 aliphatic heterocycles. The predicted octanol–water partition coefficient (Wildman–Crippen LogP) is 6.81. The lowest BCUT2D eigenvalue weighted by Gasteiger charge is -2.34. The van der Waals surface area contributed by atoms with Crippen LogP contribution in [0.3, 0.4) is 0 Å². The Bertz CT molecular complexity index is 1530. The number of nitrogens with one attached hydrogen (secondary N) is 1. The number of halogens is 4. The van der Waals surface area contributed by atoms with Gasteiger partial charge in [-0.05, 0) is 55.2 Å². The van der Waals surface area contributed by atoms with Gasteiger partial charge in [0.05, 0.1) is 21.2 Å². The average molecular weight is 650 g/mol. The molecule has 1 fully saturated rings. The van der Waals surface area contributed by atoms with Crippen LogP contribution in [0, 0.1) is 0 Å². The van der Waals surface area contributed by atoms with Crippen molar-refractivity contribution < 1.29 is 31.2 Å². The number of benzene rings is 3. The molecule has 3 aromatic rings. The van der Waals surface area contributed by atoms with Crippen molar-refractivity contribution in [1.82, 2.24) is 10.2 Å². The number of rotatable bonds is 11. The van der Waals surface area contributed by atoms with Crippen LogP contribution < -0.4 is 9.62 Å². The van der Waals surface area contributed by atoms with Gasteiger partial charge in [-0.1, -0.05) is 86.3 Å². The van der Waals surface area contributed by atoms with Crippen molar-refractivity contribution >= 4 is 39.1 Å². The fourth-order valence-electron chi connectivity index (χ4n) is 5.36. The lowest BCUT2D eigenvalue weighted by atomic mass is 9.95. The molecule has 0 aromatic heterocycles. The van der Waals surface area contributed by atoms with Crippen molar-refractivity contribution in [1.29, 1.82) is 0 Å². The number of hydrogen-bond acceptors (Lipinski definition) is 4. The number of hydrogen-bond donors (Lipinski definition) is 1. The Kier molecular flexibility index (Phi) is 11.0. The normalized spacial score (nSPS) is 14.9. The maximum absolute atomic E-state index is 14.2. The van der Waals surface area contributed by atoms with Gasteiger partial charge >= 0.3 is 6.18 Å². The molecule has 1 saturated carbocycles. The van der Waals surface area contributed by atoms with Crippen LogP contribution in [-0.4, -0.2) is 43.8 Å². The Balaban J connectivity index is 1.76. The highest BCUT2D eigenvalue weighted by Crippen LogP contribution is 2.37. The number of carbonyl (C=O) groups is 2. The molecule has 0 heterocycles. The summed E-state index contributed by atoms with van der Waals surface area (Å²) >= 11 is 6.31. The zero-order valence-electron chi connectivity index (χ0n) is 24.3. The van der Waals surface area contributed by atoms with Crippen LogP contribution in [0.4, 0.5) is 18.9 Å². The predicted molar refractivity (Wildman–Crippen MR) is 164 cm³/mol. The molecule has 0 bridgehead atoms. The summed E-state index contributed by atoms with van der Waals surface area (Å²) in [5.41, 5.74) is -0.936. The van der Waals surface area contributed by atoms with E-state index in [-0.39, 0.29) is 34.8 Å². The number of sulfonamides is 1. The second kappa shape index (κ2) is 14.5. The van der Waals surface area contributed by atoms with E-state index in [4.69, 9.17) is 11.6 Å². The first-order chi connectivity index (χ1) is 20.9. The van der Waals surface area contributed by atoms with Crippen molar-refractivity contribution in [2.45, 2.75) is 75.1 Å². The zero-order chi connectivity index (χ0) is 31.9. The average Bonchev–Trinajstić information content (AvgIpc) is 3.01.